The number of carbonyl (C=O) groups excluding carboxylic acids is 2. The van der Waals surface area contributed by atoms with Gasteiger partial charge in [0, 0.05) is 24.4 Å². The third-order valence-electron chi connectivity index (χ3n) is 3.68. The number of aryl methyl sites for hydroxylation is 2. The quantitative estimate of drug-likeness (QED) is 0.313. The summed E-state index contributed by atoms with van der Waals surface area (Å²) in [5.74, 6) is -0.842. The van der Waals surface area contributed by atoms with E-state index in [0.29, 0.717) is 23.4 Å². The van der Waals surface area contributed by atoms with E-state index < -0.39 is 10.9 Å². The Morgan fingerprint density at radius 3 is 1.77 bits per heavy atom. The van der Waals surface area contributed by atoms with Crippen LogP contribution >= 0.6 is 0 Å². The summed E-state index contributed by atoms with van der Waals surface area (Å²) in [6, 6.07) is 9.32. The maximum atomic E-state index is 11.4. The van der Waals surface area contributed by atoms with Crippen LogP contribution in [-0.4, -0.2) is 41.8 Å². The fraction of sp³-hybridized carbons (Fsp3) is 0.364. The number of hydrogen-bond acceptors (Lipinski definition) is 8. The van der Waals surface area contributed by atoms with E-state index in [-0.39, 0.29) is 30.4 Å². The Bertz CT molecular complexity index is 882. The number of hydrogen-bond donors (Lipinski definition) is 2. The molecule has 9 nitrogen and oxygen atoms in total. The number of rotatable bonds is 5. The van der Waals surface area contributed by atoms with Crippen LogP contribution in [-0.2, 0) is 9.47 Å². The molecule has 0 fully saturated rings. The molecular weight excluding hydrogens is 404 g/mol. The topological polar surface area (TPSA) is 142 Å². The van der Waals surface area contributed by atoms with Crippen molar-refractivity contribution in [2.45, 2.75) is 34.6 Å². The first kappa shape index (κ1) is 27.5. The van der Waals surface area contributed by atoms with E-state index in [0.717, 1.165) is 5.56 Å². The molecule has 0 heterocycles. The highest BCUT2D eigenvalue weighted by atomic mass is 16.6. The molecule has 0 spiro atoms. The van der Waals surface area contributed by atoms with Gasteiger partial charge in [-0.2, -0.15) is 0 Å². The van der Waals surface area contributed by atoms with E-state index >= 15 is 0 Å². The van der Waals surface area contributed by atoms with Crippen molar-refractivity contribution in [3.63, 3.8) is 0 Å². The molecule has 2 aromatic rings. The van der Waals surface area contributed by atoms with Gasteiger partial charge in [0.25, 0.3) is 5.69 Å². The van der Waals surface area contributed by atoms with Crippen molar-refractivity contribution in [3.05, 3.63) is 68.8 Å². The van der Waals surface area contributed by atoms with Crippen LogP contribution in [0.4, 0.5) is 11.4 Å². The fourth-order valence-corrected chi connectivity index (χ4v) is 2.22. The summed E-state index contributed by atoms with van der Waals surface area (Å²) in [5, 5.41) is 18.1. The molecule has 2 rings (SSSR count). The molecule has 2 aromatic carbocycles. The molecule has 0 radical (unpaired) electrons. The molecule has 0 saturated carbocycles. The Labute approximate surface area is 181 Å². The lowest BCUT2D eigenvalue weighted by atomic mass is 10.1. The SMILES string of the molecule is CCO.CCOC(=O)c1cc(N)ccc1C.CCOC(=O)c1cc([N+](=O)[O-])ccc1C. The lowest BCUT2D eigenvalue weighted by molar-refractivity contribution is -0.384. The van der Waals surface area contributed by atoms with Crippen molar-refractivity contribution in [3.8, 4) is 0 Å². The number of benzene rings is 2. The number of aliphatic hydroxyl groups excluding tert-OH is 1. The average molecular weight is 434 g/mol. The molecular formula is C22H30N2O7. The second-order valence-corrected chi connectivity index (χ2v) is 6.09. The molecule has 0 unspecified atom stereocenters. The van der Waals surface area contributed by atoms with E-state index in [9.17, 15) is 19.7 Å². The van der Waals surface area contributed by atoms with Crippen molar-refractivity contribution < 1.29 is 29.1 Å². The van der Waals surface area contributed by atoms with Crippen LogP contribution < -0.4 is 5.73 Å². The minimum absolute atomic E-state index is 0.108. The van der Waals surface area contributed by atoms with Gasteiger partial charge in [0.05, 0.1) is 29.3 Å². The number of aliphatic hydroxyl groups is 1. The Morgan fingerprint density at radius 1 is 0.935 bits per heavy atom. The number of anilines is 1. The van der Waals surface area contributed by atoms with Crippen LogP contribution in [0.5, 0.6) is 0 Å². The second kappa shape index (κ2) is 14.5. The molecule has 0 bridgehead atoms. The predicted octanol–water partition coefficient (Wildman–Crippen LogP) is 3.83. The van der Waals surface area contributed by atoms with Crippen LogP contribution in [0, 0.1) is 24.0 Å². The molecule has 3 N–H and O–H groups in total. The average Bonchev–Trinajstić information content (AvgIpc) is 2.71. The summed E-state index contributed by atoms with van der Waals surface area (Å²) in [7, 11) is 0. The van der Waals surface area contributed by atoms with Crippen LogP contribution in [0.15, 0.2) is 36.4 Å². The number of ether oxygens (including phenoxy) is 2. The van der Waals surface area contributed by atoms with Crippen molar-refractivity contribution in [2.24, 2.45) is 0 Å². The summed E-state index contributed by atoms with van der Waals surface area (Å²) >= 11 is 0. The van der Waals surface area contributed by atoms with E-state index in [2.05, 4.69) is 0 Å². The standard InChI is InChI=1S/C10H11NO4.C10H13NO2.C2H6O/c1-3-15-10(12)9-6-8(11(13)14)5-4-7(9)2;1-3-13-10(12)9-6-8(11)5-4-7(9)2;1-2-3/h4-6H,3H2,1-2H3;4-6H,3,11H2,1-2H3;3H,2H2,1H3. The number of carbonyl (C=O) groups is 2. The van der Waals surface area contributed by atoms with Crippen molar-refractivity contribution in [2.75, 3.05) is 25.6 Å². The maximum absolute atomic E-state index is 11.4. The highest BCUT2D eigenvalue weighted by molar-refractivity contribution is 5.92. The zero-order chi connectivity index (χ0) is 24.0. The third kappa shape index (κ3) is 9.72. The molecule has 31 heavy (non-hydrogen) atoms. The smallest absolute Gasteiger partial charge is 0.338 e. The van der Waals surface area contributed by atoms with Gasteiger partial charge in [-0.1, -0.05) is 12.1 Å². The number of nitro groups is 1. The third-order valence-corrected chi connectivity index (χ3v) is 3.68. The number of nitrogens with zero attached hydrogens (tertiary/aromatic N) is 1. The Balaban J connectivity index is 0.000000519. The monoisotopic (exact) mass is 434 g/mol. The van der Waals surface area contributed by atoms with Crippen LogP contribution in [0.1, 0.15) is 52.6 Å². The maximum Gasteiger partial charge on any atom is 0.338 e. The minimum Gasteiger partial charge on any atom is -0.462 e. The van der Waals surface area contributed by atoms with E-state index in [4.69, 9.17) is 20.3 Å². The van der Waals surface area contributed by atoms with Gasteiger partial charge in [-0.3, -0.25) is 10.1 Å². The van der Waals surface area contributed by atoms with Crippen molar-refractivity contribution in [1.29, 1.82) is 0 Å². The first-order chi connectivity index (χ1) is 14.6. The summed E-state index contributed by atoms with van der Waals surface area (Å²) in [5.41, 5.74) is 8.36. The number of nitrogens with two attached hydrogens (primary N) is 1. The molecule has 0 aliphatic heterocycles. The van der Waals surface area contributed by atoms with Gasteiger partial charge in [-0.15, -0.1) is 0 Å². The largest absolute Gasteiger partial charge is 0.462 e. The molecule has 0 amide bonds. The second-order valence-electron chi connectivity index (χ2n) is 6.09. The van der Waals surface area contributed by atoms with Gasteiger partial charge in [0.1, 0.15) is 0 Å². The molecule has 0 aliphatic carbocycles. The summed E-state index contributed by atoms with van der Waals surface area (Å²) < 4.78 is 9.65. The van der Waals surface area contributed by atoms with Gasteiger partial charge >= 0.3 is 11.9 Å². The normalized spacial score (nSPS) is 9.35. The highest BCUT2D eigenvalue weighted by Gasteiger charge is 2.15. The fourth-order valence-electron chi connectivity index (χ4n) is 2.22. The molecule has 0 aliphatic rings. The van der Waals surface area contributed by atoms with Gasteiger partial charge < -0.3 is 20.3 Å². The van der Waals surface area contributed by atoms with Crippen molar-refractivity contribution >= 4 is 23.3 Å². The van der Waals surface area contributed by atoms with Crippen LogP contribution in [0.2, 0.25) is 0 Å². The predicted molar refractivity (Wildman–Crippen MR) is 118 cm³/mol. The van der Waals surface area contributed by atoms with Crippen LogP contribution in [0.25, 0.3) is 0 Å². The Kier molecular flexibility index (Phi) is 12.9. The first-order valence-corrected chi connectivity index (χ1v) is 9.68. The van der Waals surface area contributed by atoms with Gasteiger partial charge in [-0.25, -0.2) is 9.59 Å². The van der Waals surface area contributed by atoms with E-state index in [1.165, 1.54) is 18.2 Å². The number of esters is 2. The number of nitrogen functional groups attached to an aromatic ring is 1. The summed E-state index contributed by atoms with van der Waals surface area (Å²) in [4.78, 5) is 32.7. The summed E-state index contributed by atoms with van der Waals surface area (Å²) in [6.45, 7) is 9.58. The molecule has 0 aromatic heterocycles. The summed E-state index contributed by atoms with van der Waals surface area (Å²) in [6.07, 6.45) is 0. The van der Waals surface area contributed by atoms with Gasteiger partial charge in [0.2, 0.25) is 0 Å². The lowest BCUT2D eigenvalue weighted by Gasteiger charge is -2.05. The molecule has 170 valence electrons. The number of non-ortho nitro benzene ring substituents is 1. The zero-order valence-corrected chi connectivity index (χ0v) is 18.5. The van der Waals surface area contributed by atoms with E-state index in [1.807, 2.05) is 13.0 Å². The highest BCUT2D eigenvalue weighted by Crippen LogP contribution is 2.18. The van der Waals surface area contributed by atoms with Gasteiger partial charge in [0.15, 0.2) is 0 Å². The minimum atomic E-state index is -0.540. The zero-order valence-electron chi connectivity index (χ0n) is 18.5. The number of nitro benzene ring substituents is 1. The molecule has 0 atom stereocenters. The Hall–Kier alpha value is -3.46. The van der Waals surface area contributed by atoms with Gasteiger partial charge in [-0.05, 0) is 57.9 Å². The van der Waals surface area contributed by atoms with Crippen molar-refractivity contribution in [1.82, 2.24) is 0 Å². The van der Waals surface area contributed by atoms with E-state index in [1.54, 1.807) is 39.8 Å². The van der Waals surface area contributed by atoms with Crippen LogP contribution in [0.3, 0.4) is 0 Å². The first-order valence-electron chi connectivity index (χ1n) is 9.68. The Morgan fingerprint density at radius 2 is 1.35 bits per heavy atom. The lowest BCUT2D eigenvalue weighted by Crippen LogP contribution is -2.07. The molecule has 0 saturated heterocycles. The molecule has 9 heteroatoms.